The van der Waals surface area contributed by atoms with E-state index in [-0.39, 0.29) is 0 Å². The summed E-state index contributed by atoms with van der Waals surface area (Å²) < 4.78 is 0. The van der Waals surface area contributed by atoms with Crippen LogP contribution >= 0.6 is 11.6 Å². The summed E-state index contributed by atoms with van der Waals surface area (Å²) in [6.45, 7) is 0. The van der Waals surface area contributed by atoms with Gasteiger partial charge < -0.3 is 0 Å². The molecule has 0 amide bonds. The number of fused-ring (bicyclic) bond motifs is 1. The quantitative estimate of drug-likeness (QED) is 0.457. The molecular formula is C11H6ClN. The van der Waals surface area contributed by atoms with Crippen molar-refractivity contribution in [3.63, 3.8) is 0 Å². The van der Waals surface area contributed by atoms with E-state index in [4.69, 9.17) is 18.0 Å². The SMILES string of the molecule is C#Cc1ccc2nc(Cl)ccc2c1. The van der Waals surface area contributed by atoms with Crippen LogP contribution in [0.1, 0.15) is 5.56 Å². The lowest BCUT2D eigenvalue weighted by Crippen LogP contribution is -1.80. The Morgan fingerprint density at radius 3 is 2.85 bits per heavy atom. The molecule has 2 rings (SSSR count). The van der Waals surface area contributed by atoms with E-state index >= 15 is 0 Å². The van der Waals surface area contributed by atoms with Gasteiger partial charge in [0, 0.05) is 10.9 Å². The summed E-state index contributed by atoms with van der Waals surface area (Å²) >= 11 is 5.74. The fraction of sp³-hybridized carbons (Fsp3) is 0. The normalized spacial score (nSPS) is 9.85. The molecule has 2 heteroatoms. The maximum absolute atomic E-state index is 5.74. The third kappa shape index (κ3) is 1.49. The molecule has 62 valence electrons. The summed E-state index contributed by atoms with van der Waals surface area (Å²) in [6, 6.07) is 9.30. The minimum atomic E-state index is 0.501. The zero-order chi connectivity index (χ0) is 9.26. The van der Waals surface area contributed by atoms with Gasteiger partial charge in [-0.1, -0.05) is 17.5 Å². The Bertz CT molecular complexity index is 497. The summed E-state index contributed by atoms with van der Waals surface area (Å²) in [7, 11) is 0. The summed E-state index contributed by atoms with van der Waals surface area (Å²) in [5.74, 6) is 2.57. The molecule has 0 aliphatic heterocycles. The molecule has 1 heterocycles. The Morgan fingerprint density at radius 2 is 2.08 bits per heavy atom. The van der Waals surface area contributed by atoms with E-state index in [1.807, 2.05) is 24.3 Å². The third-order valence-corrected chi connectivity index (χ3v) is 2.03. The number of terminal acetylenes is 1. The molecule has 0 N–H and O–H groups in total. The highest BCUT2D eigenvalue weighted by Gasteiger charge is 1.96. The van der Waals surface area contributed by atoms with Crippen LogP contribution in [0.5, 0.6) is 0 Å². The van der Waals surface area contributed by atoms with Gasteiger partial charge in [-0.2, -0.15) is 0 Å². The first kappa shape index (κ1) is 8.10. The molecule has 0 bridgehead atoms. The molecule has 0 saturated heterocycles. The van der Waals surface area contributed by atoms with Crippen molar-refractivity contribution in [3.05, 3.63) is 41.0 Å². The molecule has 0 saturated carbocycles. The Labute approximate surface area is 81.4 Å². The zero-order valence-electron chi connectivity index (χ0n) is 6.79. The van der Waals surface area contributed by atoms with Crippen molar-refractivity contribution in [2.75, 3.05) is 0 Å². The highest BCUT2D eigenvalue weighted by Crippen LogP contribution is 2.16. The van der Waals surface area contributed by atoms with Gasteiger partial charge >= 0.3 is 0 Å². The summed E-state index contributed by atoms with van der Waals surface area (Å²) in [5.41, 5.74) is 1.73. The number of rotatable bonds is 0. The third-order valence-electron chi connectivity index (χ3n) is 1.82. The second-order valence-electron chi connectivity index (χ2n) is 2.69. The van der Waals surface area contributed by atoms with E-state index < -0.39 is 0 Å². The molecule has 0 fully saturated rings. The van der Waals surface area contributed by atoms with E-state index in [1.165, 1.54) is 0 Å². The minimum Gasteiger partial charge on any atom is -0.236 e. The van der Waals surface area contributed by atoms with Crippen LogP contribution in [0.4, 0.5) is 0 Å². The molecule has 0 unspecified atom stereocenters. The number of hydrogen-bond acceptors (Lipinski definition) is 1. The standard InChI is InChI=1S/C11H6ClN/c1-2-8-3-5-10-9(7-8)4-6-11(12)13-10/h1,3-7H. The monoisotopic (exact) mass is 187 g/mol. The van der Waals surface area contributed by atoms with Crippen LogP contribution in [-0.2, 0) is 0 Å². The number of aromatic nitrogens is 1. The topological polar surface area (TPSA) is 12.9 Å². The van der Waals surface area contributed by atoms with Crippen LogP contribution in [-0.4, -0.2) is 4.98 Å². The van der Waals surface area contributed by atoms with Crippen molar-refractivity contribution < 1.29 is 0 Å². The van der Waals surface area contributed by atoms with Crippen molar-refractivity contribution in [2.45, 2.75) is 0 Å². The molecule has 0 spiro atoms. The lowest BCUT2D eigenvalue weighted by atomic mass is 10.1. The summed E-state index contributed by atoms with van der Waals surface area (Å²) in [5, 5.41) is 1.51. The Kier molecular flexibility index (Phi) is 1.92. The number of benzene rings is 1. The molecule has 1 aromatic carbocycles. The van der Waals surface area contributed by atoms with Crippen LogP contribution in [0, 0.1) is 12.3 Å². The molecule has 0 aliphatic rings. The van der Waals surface area contributed by atoms with Gasteiger partial charge in [0.25, 0.3) is 0 Å². The van der Waals surface area contributed by atoms with Gasteiger partial charge in [0.1, 0.15) is 5.15 Å². The van der Waals surface area contributed by atoms with Crippen LogP contribution in [0.2, 0.25) is 5.15 Å². The average Bonchev–Trinajstić information content (AvgIpc) is 2.17. The minimum absolute atomic E-state index is 0.501. The highest BCUT2D eigenvalue weighted by atomic mass is 35.5. The van der Waals surface area contributed by atoms with Gasteiger partial charge in [-0.25, -0.2) is 4.98 Å². The number of pyridine rings is 1. The molecule has 2 aromatic rings. The fourth-order valence-electron chi connectivity index (χ4n) is 1.19. The number of hydrogen-bond donors (Lipinski definition) is 0. The molecule has 0 aliphatic carbocycles. The Balaban J connectivity index is 2.75. The maximum Gasteiger partial charge on any atom is 0.129 e. The molecule has 0 radical (unpaired) electrons. The van der Waals surface area contributed by atoms with Gasteiger partial charge in [-0.05, 0) is 30.3 Å². The van der Waals surface area contributed by atoms with Gasteiger partial charge in [-0.3, -0.25) is 0 Å². The second kappa shape index (κ2) is 3.08. The van der Waals surface area contributed by atoms with E-state index in [0.717, 1.165) is 16.5 Å². The van der Waals surface area contributed by atoms with E-state index in [1.54, 1.807) is 6.07 Å². The molecular weight excluding hydrogens is 182 g/mol. The number of nitrogens with zero attached hydrogens (tertiary/aromatic N) is 1. The van der Waals surface area contributed by atoms with Crippen molar-refractivity contribution in [1.82, 2.24) is 4.98 Å². The largest absolute Gasteiger partial charge is 0.236 e. The zero-order valence-corrected chi connectivity index (χ0v) is 7.55. The van der Waals surface area contributed by atoms with E-state index in [9.17, 15) is 0 Å². The second-order valence-corrected chi connectivity index (χ2v) is 3.07. The fourth-order valence-corrected chi connectivity index (χ4v) is 1.34. The van der Waals surface area contributed by atoms with Gasteiger partial charge in [0.15, 0.2) is 0 Å². The summed E-state index contributed by atoms with van der Waals surface area (Å²) in [4.78, 5) is 4.15. The van der Waals surface area contributed by atoms with Crippen molar-refractivity contribution in [1.29, 1.82) is 0 Å². The van der Waals surface area contributed by atoms with Gasteiger partial charge in [-0.15, -0.1) is 6.42 Å². The summed E-state index contributed by atoms with van der Waals surface area (Å²) in [6.07, 6.45) is 5.27. The van der Waals surface area contributed by atoms with Crippen LogP contribution in [0.3, 0.4) is 0 Å². The Hall–Kier alpha value is -1.52. The number of halogens is 1. The average molecular weight is 188 g/mol. The lowest BCUT2D eigenvalue weighted by molar-refractivity contribution is 1.41. The van der Waals surface area contributed by atoms with Crippen molar-refractivity contribution >= 4 is 22.5 Å². The predicted molar refractivity (Wildman–Crippen MR) is 54.7 cm³/mol. The lowest BCUT2D eigenvalue weighted by Gasteiger charge is -1.97. The van der Waals surface area contributed by atoms with Gasteiger partial charge in [0.05, 0.1) is 5.52 Å². The smallest absolute Gasteiger partial charge is 0.129 e. The van der Waals surface area contributed by atoms with Gasteiger partial charge in [0.2, 0.25) is 0 Å². The van der Waals surface area contributed by atoms with Crippen molar-refractivity contribution in [3.8, 4) is 12.3 Å². The Morgan fingerprint density at radius 1 is 1.23 bits per heavy atom. The van der Waals surface area contributed by atoms with Crippen LogP contribution < -0.4 is 0 Å². The van der Waals surface area contributed by atoms with Crippen LogP contribution in [0.15, 0.2) is 30.3 Å². The predicted octanol–water partition coefficient (Wildman–Crippen LogP) is 2.87. The molecule has 1 nitrogen and oxygen atoms in total. The first-order chi connectivity index (χ1) is 6.29. The highest BCUT2D eigenvalue weighted by molar-refractivity contribution is 6.29. The first-order valence-corrected chi connectivity index (χ1v) is 4.20. The first-order valence-electron chi connectivity index (χ1n) is 3.82. The maximum atomic E-state index is 5.74. The van der Waals surface area contributed by atoms with Crippen LogP contribution in [0.25, 0.3) is 10.9 Å². The molecule has 0 atom stereocenters. The van der Waals surface area contributed by atoms with E-state index in [0.29, 0.717) is 5.15 Å². The molecule has 13 heavy (non-hydrogen) atoms. The van der Waals surface area contributed by atoms with Crippen molar-refractivity contribution in [2.24, 2.45) is 0 Å². The van der Waals surface area contributed by atoms with E-state index in [2.05, 4.69) is 10.9 Å². The molecule has 1 aromatic heterocycles.